The quantitative estimate of drug-likeness (QED) is 0.784. The summed E-state index contributed by atoms with van der Waals surface area (Å²) in [5, 5.41) is 3.58. The largest absolute Gasteiger partial charge is 0.486 e. The van der Waals surface area contributed by atoms with Gasteiger partial charge in [0.05, 0.1) is 6.61 Å². The Morgan fingerprint density at radius 3 is 2.48 bits per heavy atom. The van der Waals surface area contributed by atoms with Crippen molar-refractivity contribution in [3.8, 4) is 11.5 Å². The van der Waals surface area contributed by atoms with E-state index in [0.29, 0.717) is 25.2 Å². The van der Waals surface area contributed by atoms with Crippen molar-refractivity contribution in [2.24, 2.45) is 5.92 Å². The number of methoxy groups -OCH3 is 1. The fourth-order valence-corrected chi connectivity index (χ4v) is 2.97. The van der Waals surface area contributed by atoms with Crippen LogP contribution in [0.25, 0.3) is 0 Å². The highest BCUT2D eigenvalue weighted by atomic mass is 32.2. The Kier molecular flexibility index (Phi) is 6.21. The summed E-state index contributed by atoms with van der Waals surface area (Å²) in [6.07, 6.45) is 2.09. The summed E-state index contributed by atoms with van der Waals surface area (Å²) in [5.74, 6) is 2.23. The molecule has 21 heavy (non-hydrogen) atoms. The van der Waals surface area contributed by atoms with Crippen molar-refractivity contribution in [3.05, 3.63) is 17.7 Å². The molecule has 1 aromatic carbocycles. The minimum Gasteiger partial charge on any atom is -0.486 e. The van der Waals surface area contributed by atoms with Crippen LogP contribution in [0.15, 0.2) is 17.0 Å². The molecule has 118 valence electrons. The molecule has 0 fully saturated rings. The highest BCUT2D eigenvalue weighted by molar-refractivity contribution is 7.98. The second-order valence-corrected chi connectivity index (χ2v) is 6.34. The Bertz CT molecular complexity index is 465. The SMILES string of the molecule is COCC(NCc1cc2c(cc1SC)OCCO2)C(C)C. The van der Waals surface area contributed by atoms with Crippen LogP contribution in [0, 0.1) is 5.92 Å². The molecule has 0 spiro atoms. The fourth-order valence-electron chi connectivity index (χ4n) is 2.35. The van der Waals surface area contributed by atoms with Gasteiger partial charge in [-0.05, 0) is 29.9 Å². The molecule has 1 aromatic rings. The molecule has 1 unspecified atom stereocenters. The molecular formula is C16H25NO3S. The lowest BCUT2D eigenvalue weighted by molar-refractivity contribution is 0.146. The number of nitrogens with one attached hydrogen (secondary N) is 1. The smallest absolute Gasteiger partial charge is 0.162 e. The number of benzene rings is 1. The molecule has 1 atom stereocenters. The highest BCUT2D eigenvalue weighted by Gasteiger charge is 2.17. The summed E-state index contributed by atoms with van der Waals surface area (Å²) >= 11 is 1.73. The molecule has 0 saturated carbocycles. The first-order valence-corrected chi connectivity index (χ1v) is 8.57. The molecule has 0 saturated heterocycles. The standard InChI is InChI=1S/C16H25NO3S/c1-11(2)13(10-18-3)17-9-12-7-14-15(8-16(12)21-4)20-6-5-19-14/h7-8,11,13,17H,5-6,9-10H2,1-4H3. The second-order valence-electron chi connectivity index (χ2n) is 5.49. The molecule has 1 N–H and O–H groups in total. The third-order valence-corrected chi connectivity index (χ3v) is 4.47. The van der Waals surface area contributed by atoms with Crippen LogP contribution in [-0.2, 0) is 11.3 Å². The lowest BCUT2D eigenvalue weighted by Crippen LogP contribution is -2.37. The van der Waals surface area contributed by atoms with Crippen LogP contribution in [0.1, 0.15) is 19.4 Å². The van der Waals surface area contributed by atoms with E-state index in [4.69, 9.17) is 14.2 Å². The molecule has 1 aliphatic rings. The van der Waals surface area contributed by atoms with E-state index in [2.05, 4.69) is 37.6 Å². The van der Waals surface area contributed by atoms with Crippen LogP contribution in [0.3, 0.4) is 0 Å². The first kappa shape index (κ1) is 16.5. The van der Waals surface area contributed by atoms with Gasteiger partial charge in [0.2, 0.25) is 0 Å². The summed E-state index contributed by atoms with van der Waals surface area (Å²) < 4.78 is 16.6. The number of hydrogen-bond acceptors (Lipinski definition) is 5. The zero-order chi connectivity index (χ0) is 15.2. The topological polar surface area (TPSA) is 39.7 Å². The minimum absolute atomic E-state index is 0.345. The van der Waals surface area contributed by atoms with E-state index in [1.165, 1.54) is 10.5 Å². The average molecular weight is 311 g/mol. The lowest BCUT2D eigenvalue weighted by atomic mass is 10.0. The van der Waals surface area contributed by atoms with Crippen LogP contribution in [0.4, 0.5) is 0 Å². The lowest BCUT2D eigenvalue weighted by Gasteiger charge is -2.24. The van der Waals surface area contributed by atoms with Gasteiger partial charge >= 0.3 is 0 Å². The summed E-state index contributed by atoms with van der Waals surface area (Å²) in [5.41, 5.74) is 1.24. The molecule has 1 aliphatic heterocycles. The normalized spacial score (nSPS) is 15.3. The molecule has 0 bridgehead atoms. The predicted molar refractivity (Wildman–Crippen MR) is 86.6 cm³/mol. The molecular weight excluding hydrogens is 286 g/mol. The maximum Gasteiger partial charge on any atom is 0.162 e. The Balaban J connectivity index is 2.11. The maximum atomic E-state index is 5.68. The van der Waals surface area contributed by atoms with E-state index in [9.17, 15) is 0 Å². The predicted octanol–water partition coefficient (Wildman–Crippen LogP) is 2.94. The number of hydrogen-bond donors (Lipinski definition) is 1. The summed E-state index contributed by atoms with van der Waals surface area (Å²) in [4.78, 5) is 1.23. The van der Waals surface area contributed by atoms with Crippen LogP contribution in [0.5, 0.6) is 11.5 Å². The van der Waals surface area contributed by atoms with Gasteiger partial charge in [0, 0.05) is 24.6 Å². The van der Waals surface area contributed by atoms with Gasteiger partial charge < -0.3 is 19.5 Å². The van der Waals surface area contributed by atoms with E-state index in [1.807, 2.05) is 0 Å². The van der Waals surface area contributed by atoms with Gasteiger partial charge in [0.15, 0.2) is 11.5 Å². The van der Waals surface area contributed by atoms with Gasteiger partial charge in [-0.15, -0.1) is 11.8 Å². The number of ether oxygens (including phenoxy) is 3. The molecule has 0 aromatic heterocycles. The summed E-state index contributed by atoms with van der Waals surface area (Å²) in [6.45, 7) is 7.18. The molecule has 0 amide bonds. The average Bonchev–Trinajstić information content (AvgIpc) is 2.50. The summed E-state index contributed by atoms with van der Waals surface area (Å²) in [7, 11) is 1.74. The van der Waals surface area contributed by atoms with Gasteiger partial charge in [0.25, 0.3) is 0 Å². The van der Waals surface area contributed by atoms with Gasteiger partial charge in [-0.2, -0.15) is 0 Å². The third-order valence-electron chi connectivity index (χ3n) is 3.65. The van der Waals surface area contributed by atoms with Crippen molar-refractivity contribution in [1.82, 2.24) is 5.32 Å². The monoisotopic (exact) mass is 311 g/mol. The fraction of sp³-hybridized carbons (Fsp3) is 0.625. The second kappa shape index (κ2) is 7.92. The minimum atomic E-state index is 0.345. The van der Waals surface area contributed by atoms with Crippen LogP contribution in [0.2, 0.25) is 0 Å². The van der Waals surface area contributed by atoms with Gasteiger partial charge in [0.1, 0.15) is 13.2 Å². The van der Waals surface area contributed by atoms with E-state index < -0.39 is 0 Å². The van der Waals surface area contributed by atoms with Gasteiger partial charge in [-0.25, -0.2) is 0 Å². The van der Waals surface area contributed by atoms with Crippen molar-refractivity contribution < 1.29 is 14.2 Å². The van der Waals surface area contributed by atoms with E-state index in [0.717, 1.165) is 24.7 Å². The van der Waals surface area contributed by atoms with Gasteiger partial charge in [-0.1, -0.05) is 13.8 Å². The van der Waals surface area contributed by atoms with E-state index >= 15 is 0 Å². The van der Waals surface area contributed by atoms with Crippen LogP contribution in [-0.4, -0.2) is 39.2 Å². The molecule has 4 nitrogen and oxygen atoms in total. The van der Waals surface area contributed by atoms with Gasteiger partial charge in [-0.3, -0.25) is 0 Å². The Morgan fingerprint density at radius 1 is 1.24 bits per heavy atom. The Hall–Kier alpha value is -0.910. The third kappa shape index (κ3) is 4.28. The first-order valence-electron chi connectivity index (χ1n) is 7.34. The van der Waals surface area contributed by atoms with Crippen molar-refractivity contribution in [2.75, 3.05) is 33.2 Å². The van der Waals surface area contributed by atoms with Crippen molar-refractivity contribution >= 4 is 11.8 Å². The molecule has 1 heterocycles. The summed E-state index contributed by atoms with van der Waals surface area (Å²) in [6, 6.07) is 4.52. The molecule has 0 aliphatic carbocycles. The Labute approximate surface area is 131 Å². The zero-order valence-corrected chi connectivity index (χ0v) is 14.1. The van der Waals surface area contributed by atoms with Crippen LogP contribution < -0.4 is 14.8 Å². The zero-order valence-electron chi connectivity index (χ0n) is 13.3. The van der Waals surface area contributed by atoms with Crippen molar-refractivity contribution in [3.63, 3.8) is 0 Å². The van der Waals surface area contributed by atoms with E-state index in [-0.39, 0.29) is 0 Å². The van der Waals surface area contributed by atoms with Crippen LogP contribution >= 0.6 is 11.8 Å². The Morgan fingerprint density at radius 2 is 1.90 bits per heavy atom. The number of thioether (sulfide) groups is 1. The van der Waals surface area contributed by atoms with Crippen molar-refractivity contribution in [1.29, 1.82) is 0 Å². The number of fused-ring (bicyclic) bond motifs is 1. The number of rotatable bonds is 7. The highest BCUT2D eigenvalue weighted by Crippen LogP contribution is 2.36. The maximum absolute atomic E-state index is 5.68. The van der Waals surface area contributed by atoms with Crippen molar-refractivity contribution in [2.45, 2.75) is 31.3 Å². The van der Waals surface area contributed by atoms with E-state index in [1.54, 1.807) is 18.9 Å². The molecule has 2 rings (SSSR count). The molecule has 0 radical (unpaired) electrons. The molecule has 5 heteroatoms. The first-order chi connectivity index (χ1) is 10.2.